The van der Waals surface area contributed by atoms with Crippen LogP contribution in [-0.4, -0.2) is 31.8 Å². The molecule has 0 unspecified atom stereocenters. The lowest BCUT2D eigenvalue weighted by Gasteiger charge is -2.07. The highest BCUT2D eigenvalue weighted by molar-refractivity contribution is 5.91. The van der Waals surface area contributed by atoms with Crippen molar-refractivity contribution in [3.05, 3.63) is 83.9 Å². The topological polar surface area (TPSA) is 123 Å². The van der Waals surface area contributed by atoms with Crippen molar-refractivity contribution in [2.75, 3.05) is 31.3 Å². The van der Waals surface area contributed by atoms with Gasteiger partial charge in [-0.15, -0.1) is 0 Å². The molecule has 8 nitrogen and oxygen atoms in total. The van der Waals surface area contributed by atoms with Crippen LogP contribution in [0.4, 0.5) is 11.4 Å². The van der Waals surface area contributed by atoms with E-state index in [4.69, 9.17) is 30.4 Å². The first-order chi connectivity index (χ1) is 20.4. The summed E-state index contributed by atoms with van der Waals surface area (Å²) in [5, 5.41) is 0. The molecule has 0 saturated heterocycles. The maximum Gasteiger partial charge on any atom is 0.338 e. The van der Waals surface area contributed by atoms with Crippen LogP contribution in [0.2, 0.25) is 0 Å². The summed E-state index contributed by atoms with van der Waals surface area (Å²) in [7, 11) is 0. The van der Waals surface area contributed by atoms with Crippen molar-refractivity contribution in [2.24, 2.45) is 0 Å². The minimum Gasteiger partial charge on any atom is -0.494 e. The summed E-state index contributed by atoms with van der Waals surface area (Å²) in [6.45, 7) is 3.81. The quantitative estimate of drug-likeness (QED) is 0.0536. The summed E-state index contributed by atoms with van der Waals surface area (Å²) >= 11 is 0. The molecule has 0 saturated carbocycles. The lowest BCUT2D eigenvalue weighted by Crippen LogP contribution is -2.07. The predicted octanol–water partition coefficient (Wildman–Crippen LogP) is 7.23. The third-order valence-electron chi connectivity index (χ3n) is 6.35. The summed E-state index contributed by atoms with van der Waals surface area (Å²) in [6, 6.07) is 19.4. The molecule has 3 aromatic carbocycles. The second kappa shape index (κ2) is 18.1. The number of benzene rings is 3. The minimum absolute atomic E-state index is 0.380. The van der Waals surface area contributed by atoms with E-state index >= 15 is 0 Å². The number of ether oxygens (including phenoxy) is 4. The molecule has 42 heavy (non-hydrogen) atoms. The lowest BCUT2D eigenvalue weighted by molar-refractivity contribution is -0.128. The van der Waals surface area contributed by atoms with Crippen molar-refractivity contribution in [3.8, 4) is 17.2 Å². The Bertz CT molecular complexity index is 1250. The summed E-state index contributed by atoms with van der Waals surface area (Å²) < 4.78 is 22.1. The number of hydrogen-bond donors (Lipinski definition) is 2. The number of hydrogen-bond acceptors (Lipinski definition) is 8. The molecule has 0 bridgehead atoms. The Morgan fingerprint density at radius 1 is 0.667 bits per heavy atom. The van der Waals surface area contributed by atoms with E-state index in [2.05, 4.69) is 6.92 Å². The minimum atomic E-state index is -0.445. The van der Waals surface area contributed by atoms with Gasteiger partial charge >= 0.3 is 11.9 Å². The molecule has 0 amide bonds. The molecular weight excluding hydrogens is 532 g/mol. The fourth-order valence-electron chi connectivity index (χ4n) is 4.07. The number of unbranched alkanes of at least 4 members (excludes halogenated alkanes) is 6. The maximum absolute atomic E-state index is 12.2. The van der Waals surface area contributed by atoms with Gasteiger partial charge in [-0.2, -0.15) is 0 Å². The van der Waals surface area contributed by atoms with Crippen LogP contribution in [0, 0.1) is 0 Å². The van der Waals surface area contributed by atoms with Gasteiger partial charge in [-0.05, 0) is 85.5 Å². The van der Waals surface area contributed by atoms with Crippen LogP contribution in [-0.2, 0) is 9.53 Å². The van der Waals surface area contributed by atoms with Crippen LogP contribution < -0.4 is 25.7 Å². The number of carbonyl (C=O) groups excluding carboxylic acids is 2. The Kier molecular flexibility index (Phi) is 13.8. The smallest absolute Gasteiger partial charge is 0.338 e. The van der Waals surface area contributed by atoms with Crippen molar-refractivity contribution in [3.63, 3.8) is 0 Å². The first-order valence-electron chi connectivity index (χ1n) is 14.6. The lowest BCUT2D eigenvalue weighted by atomic mass is 10.1. The fourth-order valence-corrected chi connectivity index (χ4v) is 4.07. The Morgan fingerprint density at radius 2 is 1.19 bits per heavy atom. The highest BCUT2D eigenvalue weighted by atomic mass is 16.5. The maximum atomic E-state index is 12.2. The molecule has 0 radical (unpaired) electrons. The van der Waals surface area contributed by atoms with Crippen molar-refractivity contribution >= 4 is 29.4 Å². The molecule has 0 heterocycles. The number of anilines is 2. The van der Waals surface area contributed by atoms with Gasteiger partial charge in [0.2, 0.25) is 0 Å². The molecule has 0 fully saturated rings. The monoisotopic (exact) mass is 574 g/mol. The average Bonchev–Trinajstić information content (AvgIpc) is 2.98. The zero-order chi connectivity index (χ0) is 30.0. The van der Waals surface area contributed by atoms with Crippen molar-refractivity contribution in [1.82, 2.24) is 0 Å². The Labute approximate surface area is 248 Å². The van der Waals surface area contributed by atoms with Gasteiger partial charge in [-0.1, -0.05) is 51.2 Å². The third kappa shape index (κ3) is 12.4. The number of esters is 2. The van der Waals surface area contributed by atoms with Crippen LogP contribution in [0.15, 0.2) is 72.8 Å². The van der Waals surface area contributed by atoms with E-state index in [1.807, 2.05) is 24.3 Å². The Hall–Kier alpha value is -4.46. The number of nitrogens with two attached hydrogens (primary N) is 2. The largest absolute Gasteiger partial charge is 0.494 e. The number of nitrogen functional groups attached to an aromatic ring is 2. The number of rotatable bonds is 18. The van der Waals surface area contributed by atoms with Crippen LogP contribution in [0.25, 0.3) is 6.08 Å². The van der Waals surface area contributed by atoms with Gasteiger partial charge in [-0.25, -0.2) is 9.59 Å². The van der Waals surface area contributed by atoms with Crippen molar-refractivity contribution < 1.29 is 28.5 Å². The second-order valence-corrected chi connectivity index (χ2v) is 9.99. The normalized spacial score (nSPS) is 10.9. The summed E-state index contributed by atoms with van der Waals surface area (Å²) in [5.74, 6) is 1.18. The van der Waals surface area contributed by atoms with E-state index < -0.39 is 11.9 Å². The molecular formula is C34H42N2O6. The summed E-state index contributed by atoms with van der Waals surface area (Å²) in [4.78, 5) is 24.2. The number of carbonyl (C=O) groups is 2. The van der Waals surface area contributed by atoms with Crippen LogP contribution in [0.3, 0.4) is 0 Å². The standard InChI is InChI=1S/C34H42N2O6/c1-2-3-20-39-31-15-17-32(18-16-31)42-33(37)19-12-26-10-13-30(14-11-26)40-21-8-6-4-5-7-9-22-41-34(38)27-23-28(35)25-29(36)24-27/h10-19,23-25H,2-9,20-22,35-36H2,1H3/b19-12+. The van der Waals surface area contributed by atoms with E-state index in [1.54, 1.807) is 48.5 Å². The fraction of sp³-hybridized carbons (Fsp3) is 0.353. The predicted molar refractivity (Wildman–Crippen MR) is 167 cm³/mol. The van der Waals surface area contributed by atoms with Gasteiger partial charge in [0.05, 0.1) is 25.4 Å². The van der Waals surface area contributed by atoms with Gasteiger partial charge in [0.25, 0.3) is 0 Å². The second-order valence-electron chi connectivity index (χ2n) is 9.99. The molecule has 224 valence electrons. The molecule has 3 aromatic rings. The Balaban J connectivity index is 1.22. The molecule has 4 N–H and O–H groups in total. The van der Waals surface area contributed by atoms with Crippen molar-refractivity contribution in [2.45, 2.75) is 58.3 Å². The average molecular weight is 575 g/mol. The van der Waals surface area contributed by atoms with E-state index in [1.165, 1.54) is 6.08 Å². The van der Waals surface area contributed by atoms with Gasteiger partial charge in [0.1, 0.15) is 17.2 Å². The van der Waals surface area contributed by atoms with Crippen molar-refractivity contribution in [1.29, 1.82) is 0 Å². The van der Waals surface area contributed by atoms with Gasteiger partial charge in [-0.3, -0.25) is 0 Å². The van der Waals surface area contributed by atoms with Gasteiger partial charge in [0.15, 0.2) is 0 Å². The third-order valence-corrected chi connectivity index (χ3v) is 6.35. The van der Waals surface area contributed by atoms with E-state index in [9.17, 15) is 9.59 Å². The van der Waals surface area contributed by atoms with E-state index in [0.717, 1.165) is 68.4 Å². The Morgan fingerprint density at radius 3 is 1.81 bits per heavy atom. The van der Waals surface area contributed by atoms with E-state index in [0.29, 0.717) is 42.5 Å². The highest BCUT2D eigenvalue weighted by Gasteiger charge is 2.08. The zero-order valence-electron chi connectivity index (χ0n) is 24.4. The molecule has 0 spiro atoms. The first kappa shape index (κ1) is 32.1. The van der Waals surface area contributed by atoms with Gasteiger partial charge in [0, 0.05) is 17.5 Å². The zero-order valence-corrected chi connectivity index (χ0v) is 24.4. The van der Waals surface area contributed by atoms with Crippen LogP contribution >= 0.6 is 0 Å². The molecule has 0 aromatic heterocycles. The molecule has 0 aliphatic rings. The van der Waals surface area contributed by atoms with Gasteiger partial charge < -0.3 is 30.4 Å². The summed E-state index contributed by atoms with van der Waals surface area (Å²) in [5.41, 5.74) is 13.6. The first-order valence-corrected chi connectivity index (χ1v) is 14.6. The van der Waals surface area contributed by atoms with Crippen LogP contribution in [0.5, 0.6) is 17.2 Å². The summed E-state index contributed by atoms with van der Waals surface area (Å²) in [6.07, 6.45) is 11.2. The van der Waals surface area contributed by atoms with Crippen LogP contribution in [0.1, 0.15) is 74.2 Å². The highest BCUT2D eigenvalue weighted by Crippen LogP contribution is 2.19. The molecule has 0 atom stereocenters. The molecule has 8 heteroatoms. The molecule has 3 rings (SSSR count). The SMILES string of the molecule is CCCCOc1ccc(OC(=O)/C=C/c2ccc(OCCCCCCCCOC(=O)c3cc(N)cc(N)c3)cc2)cc1. The molecule has 0 aliphatic carbocycles. The van der Waals surface area contributed by atoms with E-state index in [-0.39, 0.29) is 0 Å². The molecule has 0 aliphatic heterocycles.